The Hall–Kier alpha value is -2.41. The van der Waals surface area contributed by atoms with Crippen LogP contribution in [0.1, 0.15) is 10.6 Å². The Kier molecular flexibility index (Phi) is 3.11. The van der Waals surface area contributed by atoms with Crippen molar-refractivity contribution in [3.63, 3.8) is 0 Å². The van der Waals surface area contributed by atoms with Gasteiger partial charge in [0.1, 0.15) is 0 Å². The van der Waals surface area contributed by atoms with Gasteiger partial charge in [0, 0.05) is 10.3 Å². The monoisotopic (exact) mass is 287 g/mol. The van der Waals surface area contributed by atoms with Crippen LogP contribution in [0.4, 0.5) is 10.6 Å². The van der Waals surface area contributed by atoms with E-state index in [1.807, 2.05) is 36.7 Å². The van der Waals surface area contributed by atoms with E-state index in [0.29, 0.717) is 17.9 Å². The summed E-state index contributed by atoms with van der Waals surface area (Å²) in [6, 6.07) is 6.86. The van der Waals surface area contributed by atoms with Gasteiger partial charge >= 0.3 is 6.03 Å². The second-order valence-corrected chi connectivity index (χ2v) is 5.38. The lowest BCUT2D eigenvalue weighted by Gasteiger charge is -2.01. The fourth-order valence-corrected chi connectivity index (χ4v) is 2.63. The molecule has 0 saturated carbocycles. The standard InChI is InChI=1S/C13H13N5OS/c1-8-10(16-7-20-8)6-15-12-9-4-2-3-5-11(9)18(17-12)13(14)19/h2-5,7H,6H2,1H3,(H2,14,19)(H,15,17). The van der Waals surface area contributed by atoms with Gasteiger partial charge in [-0.05, 0) is 19.1 Å². The molecular formula is C13H13N5OS. The molecule has 2 aromatic heterocycles. The summed E-state index contributed by atoms with van der Waals surface area (Å²) >= 11 is 1.60. The number of nitrogens with one attached hydrogen (secondary N) is 1. The van der Waals surface area contributed by atoms with Crippen molar-refractivity contribution in [2.45, 2.75) is 13.5 Å². The highest BCUT2D eigenvalue weighted by Crippen LogP contribution is 2.23. The van der Waals surface area contributed by atoms with Gasteiger partial charge in [0.2, 0.25) is 0 Å². The molecule has 1 aromatic carbocycles. The van der Waals surface area contributed by atoms with E-state index in [-0.39, 0.29) is 0 Å². The summed E-state index contributed by atoms with van der Waals surface area (Å²) in [5.74, 6) is 0.631. The second-order valence-electron chi connectivity index (χ2n) is 4.32. The maximum Gasteiger partial charge on any atom is 0.340 e. The Bertz CT molecular complexity index is 776. The molecule has 3 N–H and O–H groups in total. The molecule has 0 atom stereocenters. The third-order valence-corrected chi connectivity index (χ3v) is 3.86. The van der Waals surface area contributed by atoms with E-state index in [4.69, 9.17) is 5.73 Å². The zero-order valence-electron chi connectivity index (χ0n) is 10.8. The average Bonchev–Trinajstić information content (AvgIpc) is 3.00. The number of amides is 1. The van der Waals surface area contributed by atoms with Crippen LogP contribution < -0.4 is 11.1 Å². The zero-order valence-corrected chi connectivity index (χ0v) is 11.6. The second kappa shape index (κ2) is 4.93. The number of nitrogens with two attached hydrogens (primary N) is 1. The first-order chi connectivity index (χ1) is 9.66. The minimum Gasteiger partial charge on any atom is -0.362 e. The van der Waals surface area contributed by atoms with E-state index in [1.165, 1.54) is 4.68 Å². The summed E-state index contributed by atoms with van der Waals surface area (Å²) in [6.45, 7) is 2.59. The van der Waals surface area contributed by atoms with E-state index >= 15 is 0 Å². The highest BCUT2D eigenvalue weighted by Gasteiger charge is 2.13. The van der Waals surface area contributed by atoms with Gasteiger partial charge in [-0.1, -0.05) is 12.1 Å². The number of aryl methyl sites for hydroxylation is 1. The van der Waals surface area contributed by atoms with E-state index < -0.39 is 6.03 Å². The van der Waals surface area contributed by atoms with Crippen LogP contribution in [0.15, 0.2) is 29.8 Å². The number of aromatic nitrogens is 3. The van der Waals surface area contributed by atoms with Crippen molar-refractivity contribution in [2.24, 2.45) is 5.73 Å². The summed E-state index contributed by atoms with van der Waals surface area (Å²) < 4.78 is 1.20. The largest absolute Gasteiger partial charge is 0.362 e. The quantitative estimate of drug-likeness (QED) is 0.774. The molecule has 0 fully saturated rings. The number of thiazole rings is 1. The number of primary amides is 1. The number of hydrogen-bond acceptors (Lipinski definition) is 5. The molecule has 6 nitrogen and oxygen atoms in total. The summed E-state index contributed by atoms with van der Waals surface area (Å²) in [7, 11) is 0. The normalized spacial score (nSPS) is 10.8. The van der Waals surface area contributed by atoms with Crippen molar-refractivity contribution < 1.29 is 4.79 Å². The van der Waals surface area contributed by atoms with Crippen LogP contribution in [0.3, 0.4) is 0 Å². The van der Waals surface area contributed by atoms with Gasteiger partial charge in [-0.2, -0.15) is 4.68 Å². The van der Waals surface area contributed by atoms with Crippen LogP contribution in [0, 0.1) is 6.92 Å². The lowest BCUT2D eigenvalue weighted by Crippen LogP contribution is -2.20. The van der Waals surface area contributed by atoms with Gasteiger partial charge in [-0.25, -0.2) is 9.78 Å². The lowest BCUT2D eigenvalue weighted by molar-refractivity contribution is 0.248. The molecule has 0 aliphatic heterocycles. The Morgan fingerprint density at radius 3 is 2.95 bits per heavy atom. The molecule has 20 heavy (non-hydrogen) atoms. The van der Waals surface area contributed by atoms with Crippen LogP contribution in [0.25, 0.3) is 10.9 Å². The van der Waals surface area contributed by atoms with Crippen LogP contribution >= 0.6 is 11.3 Å². The lowest BCUT2D eigenvalue weighted by atomic mass is 10.2. The molecule has 0 unspecified atom stereocenters. The number of para-hydroxylation sites is 1. The molecule has 0 bridgehead atoms. The van der Waals surface area contributed by atoms with E-state index in [1.54, 1.807) is 11.3 Å². The maximum absolute atomic E-state index is 11.4. The van der Waals surface area contributed by atoms with Gasteiger partial charge in [0.25, 0.3) is 0 Å². The summed E-state index contributed by atoms with van der Waals surface area (Å²) in [6.07, 6.45) is 0. The first-order valence-corrected chi connectivity index (χ1v) is 6.95. The third-order valence-electron chi connectivity index (χ3n) is 3.06. The Balaban J connectivity index is 1.95. The SMILES string of the molecule is Cc1scnc1CNc1nn(C(N)=O)c2ccccc12. The maximum atomic E-state index is 11.4. The number of carbonyl (C=O) groups is 1. The first-order valence-electron chi connectivity index (χ1n) is 6.07. The summed E-state index contributed by atoms with van der Waals surface area (Å²) in [5, 5.41) is 8.30. The molecule has 0 aliphatic rings. The van der Waals surface area contributed by atoms with Crippen molar-refractivity contribution in [1.29, 1.82) is 0 Å². The van der Waals surface area contributed by atoms with E-state index in [0.717, 1.165) is 16.0 Å². The number of nitrogens with zero attached hydrogens (tertiary/aromatic N) is 3. The average molecular weight is 287 g/mol. The highest BCUT2D eigenvalue weighted by atomic mass is 32.1. The summed E-state index contributed by atoms with van der Waals surface area (Å²) in [5.41, 5.74) is 8.81. The highest BCUT2D eigenvalue weighted by molar-refractivity contribution is 7.09. The summed E-state index contributed by atoms with van der Waals surface area (Å²) in [4.78, 5) is 16.8. The molecule has 1 amide bonds. The van der Waals surface area contributed by atoms with Crippen molar-refractivity contribution in [1.82, 2.24) is 14.8 Å². The van der Waals surface area contributed by atoms with Crippen molar-refractivity contribution >= 4 is 34.1 Å². The molecule has 7 heteroatoms. The molecule has 0 saturated heterocycles. The number of benzene rings is 1. The predicted octanol–water partition coefficient (Wildman–Crippen LogP) is 2.34. The first kappa shape index (κ1) is 12.6. The van der Waals surface area contributed by atoms with Crippen LogP contribution in [0.2, 0.25) is 0 Å². The van der Waals surface area contributed by atoms with E-state index in [9.17, 15) is 4.79 Å². The smallest absolute Gasteiger partial charge is 0.340 e. The molecule has 0 radical (unpaired) electrons. The van der Waals surface area contributed by atoms with Crippen molar-refractivity contribution in [3.05, 3.63) is 40.3 Å². The number of hydrogen-bond donors (Lipinski definition) is 2. The molecule has 0 aliphatic carbocycles. The predicted molar refractivity (Wildman–Crippen MR) is 78.9 cm³/mol. The molecule has 3 rings (SSSR count). The number of rotatable bonds is 3. The van der Waals surface area contributed by atoms with Crippen molar-refractivity contribution in [2.75, 3.05) is 5.32 Å². The zero-order chi connectivity index (χ0) is 14.1. The molecular weight excluding hydrogens is 274 g/mol. The van der Waals surface area contributed by atoms with Gasteiger partial charge in [-0.15, -0.1) is 16.4 Å². The number of anilines is 1. The fraction of sp³-hybridized carbons (Fsp3) is 0.154. The topological polar surface area (TPSA) is 85.8 Å². The number of fused-ring (bicyclic) bond motifs is 1. The van der Waals surface area contributed by atoms with Gasteiger partial charge in [0.05, 0.1) is 23.3 Å². The van der Waals surface area contributed by atoms with Gasteiger partial charge in [0.15, 0.2) is 5.82 Å². The van der Waals surface area contributed by atoms with Gasteiger partial charge in [-0.3, -0.25) is 0 Å². The van der Waals surface area contributed by atoms with Crippen LogP contribution in [0.5, 0.6) is 0 Å². The van der Waals surface area contributed by atoms with E-state index in [2.05, 4.69) is 15.4 Å². The fourth-order valence-electron chi connectivity index (χ4n) is 2.03. The molecule has 0 spiro atoms. The minimum absolute atomic E-state index is 0.565. The molecule has 2 heterocycles. The Morgan fingerprint density at radius 2 is 2.25 bits per heavy atom. The molecule has 3 aromatic rings. The van der Waals surface area contributed by atoms with Crippen LogP contribution in [-0.2, 0) is 6.54 Å². The molecule has 102 valence electrons. The van der Waals surface area contributed by atoms with Crippen molar-refractivity contribution in [3.8, 4) is 0 Å². The Labute approximate surface area is 119 Å². The minimum atomic E-state index is -0.598. The third kappa shape index (κ3) is 2.12. The number of carbonyl (C=O) groups excluding carboxylic acids is 1. The Morgan fingerprint density at radius 1 is 1.45 bits per heavy atom. The van der Waals surface area contributed by atoms with Gasteiger partial charge < -0.3 is 11.1 Å². The van der Waals surface area contributed by atoms with Crippen LogP contribution in [-0.4, -0.2) is 20.8 Å².